The fourth-order valence-corrected chi connectivity index (χ4v) is 4.82. The molecule has 0 bridgehead atoms. The van der Waals surface area contributed by atoms with Gasteiger partial charge in [0.15, 0.2) is 0 Å². The van der Waals surface area contributed by atoms with Crippen molar-refractivity contribution in [3.05, 3.63) is 23.8 Å². The van der Waals surface area contributed by atoms with Crippen LogP contribution in [0.2, 0.25) is 0 Å². The molecule has 1 heterocycles. The van der Waals surface area contributed by atoms with E-state index in [0.717, 1.165) is 31.9 Å². The van der Waals surface area contributed by atoms with Crippen molar-refractivity contribution in [2.24, 2.45) is 23.7 Å². The minimum absolute atomic E-state index is 0.00219. The first kappa shape index (κ1) is 28.3. The van der Waals surface area contributed by atoms with Crippen molar-refractivity contribution in [1.82, 2.24) is 0 Å². The van der Waals surface area contributed by atoms with Crippen LogP contribution in [0.5, 0.6) is 0 Å². The van der Waals surface area contributed by atoms with E-state index in [9.17, 15) is 5.11 Å². The zero-order valence-corrected chi connectivity index (χ0v) is 20.8. The van der Waals surface area contributed by atoms with E-state index in [1.54, 1.807) is 21.3 Å². The average Bonchev–Trinajstić information content (AvgIpc) is 3.60. The van der Waals surface area contributed by atoms with Crippen LogP contribution < -0.4 is 0 Å². The smallest absolute Gasteiger partial charge is 0.105 e. The van der Waals surface area contributed by atoms with Gasteiger partial charge in [-0.1, -0.05) is 39.0 Å². The molecule has 0 aromatic carbocycles. The van der Waals surface area contributed by atoms with Crippen LogP contribution in [0.3, 0.4) is 0 Å². The Balaban J connectivity index is 0.00000233. The zero-order chi connectivity index (χ0) is 23.6. The van der Waals surface area contributed by atoms with Crippen LogP contribution in [-0.4, -0.2) is 75.8 Å². The Labute approximate surface area is 189 Å². The van der Waals surface area contributed by atoms with E-state index in [4.69, 9.17) is 24.1 Å². The largest absolute Gasteiger partial charge is 0.400 e. The third-order valence-electron chi connectivity index (χ3n) is 6.99. The molecule has 2 N–H and O–H groups in total. The second-order valence-corrected chi connectivity index (χ2v) is 8.87. The molecule has 6 heteroatoms. The molecule has 31 heavy (non-hydrogen) atoms. The molecular formula is C25H46O6. The number of allylic oxidation sites excluding steroid dienone is 2. The van der Waals surface area contributed by atoms with Gasteiger partial charge in [-0.25, -0.2) is 0 Å². The molecule has 2 rings (SSSR count). The van der Waals surface area contributed by atoms with Gasteiger partial charge in [0.1, 0.15) is 6.10 Å². The summed E-state index contributed by atoms with van der Waals surface area (Å²) in [6, 6.07) is 0. The van der Waals surface area contributed by atoms with Gasteiger partial charge in [0.25, 0.3) is 0 Å². The second-order valence-electron chi connectivity index (χ2n) is 8.87. The Bertz CT molecular complexity index is 544. The maximum Gasteiger partial charge on any atom is 0.105 e. The predicted molar refractivity (Wildman–Crippen MR) is 124 cm³/mol. The van der Waals surface area contributed by atoms with E-state index in [0.29, 0.717) is 24.4 Å². The van der Waals surface area contributed by atoms with Gasteiger partial charge >= 0.3 is 0 Å². The van der Waals surface area contributed by atoms with Gasteiger partial charge in [0, 0.05) is 40.8 Å². The van der Waals surface area contributed by atoms with Crippen LogP contribution in [0.4, 0.5) is 0 Å². The minimum atomic E-state index is -0.304. The Hall–Kier alpha value is -0.760. The van der Waals surface area contributed by atoms with Crippen LogP contribution in [-0.2, 0) is 18.9 Å². The normalized spacial score (nSPS) is 32.7. The van der Waals surface area contributed by atoms with E-state index in [-0.39, 0.29) is 36.4 Å². The van der Waals surface area contributed by atoms with Crippen molar-refractivity contribution in [2.45, 2.75) is 77.5 Å². The SMILES string of the molecule is CCC(OC)C(C)C1CC1C(O)C(C)/C=C/C=C(\C)C1OCC(OC)CC1OC.CO. The van der Waals surface area contributed by atoms with Crippen molar-refractivity contribution >= 4 is 0 Å². The highest BCUT2D eigenvalue weighted by Gasteiger charge is 2.48. The van der Waals surface area contributed by atoms with Crippen LogP contribution in [0.25, 0.3) is 0 Å². The number of ether oxygens (including phenoxy) is 4. The first-order chi connectivity index (χ1) is 14.9. The van der Waals surface area contributed by atoms with Crippen molar-refractivity contribution in [2.75, 3.05) is 35.0 Å². The van der Waals surface area contributed by atoms with Gasteiger partial charge in [-0.2, -0.15) is 0 Å². The molecule has 1 saturated heterocycles. The Kier molecular flexibility index (Phi) is 13.1. The highest BCUT2D eigenvalue weighted by molar-refractivity contribution is 5.18. The second kappa shape index (κ2) is 14.4. The van der Waals surface area contributed by atoms with Crippen LogP contribution in [0.15, 0.2) is 23.8 Å². The molecule has 182 valence electrons. The van der Waals surface area contributed by atoms with Crippen LogP contribution in [0, 0.1) is 23.7 Å². The Morgan fingerprint density at radius 2 is 1.77 bits per heavy atom. The molecule has 6 nitrogen and oxygen atoms in total. The highest BCUT2D eigenvalue weighted by Crippen LogP contribution is 2.49. The molecule has 1 aliphatic heterocycles. The standard InChI is InChI=1S/C24H42O5.CH4O/c1-8-21(27-6)17(4)19-13-20(19)23(25)15(2)10-9-11-16(3)24-22(28-7)12-18(26-5)14-29-24;1-2/h9-11,15,17-25H,8,12-14H2,1-7H3;2H,1H3/b10-9+,16-11+;. The minimum Gasteiger partial charge on any atom is -0.400 e. The van der Waals surface area contributed by atoms with E-state index in [1.165, 1.54) is 0 Å². The maximum absolute atomic E-state index is 10.8. The van der Waals surface area contributed by atoms with Gasteiger partial charge < -0.3 is 29.2 Å². The van der Waals surface area contributed by atoms with Gasteiger partial charge in [0.05, 0.1) is 31.0 Å². The molecule has 0 aromatic rings. The summed E-state index contributed by atoms with van der Waals surface area (Å²) in [6.45, 7) is 9.18. The molecule has 0 radical (unpaired) electrons. The fraction of sp³-hybridized carbons (Fsp3) is 0.840. The zero-order valence-electron chi connectivity index (χ0n) is 20.8. The molecule has 0 aromatic heterocycles. The molecule has 9 atom stereocenters. The quantitative estimate of drug-likeness (QED) is 0.476. The van der Waals surface area contributed by atoms with Crippen LogP contribution >= 0.6 is 0 Å². The number of hydrogen-bond donors (Lipinski definition) is 2. The monoisotopic (exact) mass is 442 g/mol. The lowest BCUT2D eigenvalue weighted by molar-refractivity contribution is -0.129. The number of aliphatic hydroxyl groups excluding tert-OH is 2. The Morgan fingerprint density at radius 1 is 1.10 bits per heavy atom. The highest BCUT2D eigenvalue weighted by atomic mass is 16.6. The van der Waals surface area contributed by atoms with E-state index in [1.807, 2.05) is 6.08 Å². The lowest BCUT2D eigenvalue weighted by Crippen LogP contribution is -2.43. The van der Waals surface area contributed by atoms with Crippen molar-refractivity contribution < 1.29 is 29.2 Å². The topological polar surface area (TPSA) is 77.4 Å². The third kappa shape index (κ3) is 7.95. The number of aliphatic hydroxyl groups is 2. The molecule has 2 aliphatic rings. The molecule has 2 fully saturated rings. The average molecular weight is 443 g/mol. The van der Waals surface area contributed by atoms with Gasteiger partial charge in [-0.15, -0.1) is 0 Å². The summed E-state index contributed by atoms with van der Waals surface area (Å²) in [6.07, 6.45) is 9.21. The molecule has 1 saturated carbocycles. The number of methoxy groups -OCH3 is 3. The predicted octanol–water partition coefficient (Wildman–Crippen LogP) is 3.61. The van der Waals surface area contributed by atoms with Gasteiger partial charge in [0.2, 0.25) is 0 Å². The maximum atomic E-state index is 10.8. The third-order valence-corrected chi connectivity index (χ3v) is 6.99. The number of hydrogen-bond acceptors (Lipinski definition) is 6. The molecular weight excluding hydrogens is 396 g/mol. The summed E-state index contributed by atoms with van der Waals surface area (Å²) >= 11 is 0. The number of rotatable bonds is 11. The van der Waals surface area contributed by atoms with Crippen molar-refractivity contribution in [3.8, 4) is 0 Å². The first-order valence-corrected chi connectivity index (χ1v) is 11.6. The lowest BCUT2D eigenvalue weighted by atomic mass is 9.91. The molecule has 0 amide bonds. The van der Waals surface area contributed by atoms with Crippen LogP contribution in [0.1, 0.15) is 47.0 Å². The Morgan fingerprint density at radius 3 is 2.32 bits per heavy atom. The summed E-state index contributed by atoms with van der Waals surface area (Å²) in [5.74, 6) is 1.56. The molecule has 9 unspecified atom stereocenters. The first-order valence-electron chi connectivity index (χ1n) is 11.6. The van der Waals surface area contributed by atoms with E-state index in [2.05, 4.69) is 39.8 Å². The fourth-order valence-electron chi connectivity index (χ4n) is 4.82. The van der Waals surface area contributed by atoms with E-state index < -0.39 is 0 Å². The van der Waals surface area contributed by atoms with Crippen molar-refractivity contribution in [1.29, 1.82) is 0 Å². The summed E-state index contributed by atoms with van der Waals surface area (Å²) in [5, 5.41) is 17.8. The molecule has 1 aliphatic carbocycles. The van der Waals surface area contributed by atoms with Crippen molar-refractivity contribution in [3.63, 3.8) is 0 Å². The summed E-state index contributed by atoms with van der Waals surface area (Å²) in [5.41, 5.74) is 1.13. The summed E-state index contributed by atoms with van der Waals surface area (Å²) in [4.78, 5) is 0. The van der Waals surface area contributed by atoms with E-state index >= 15 is 0 Å². The lowest BCUT2D eigenvalue weighted by Gasteiger charge is -2.35. The summed E-state index contributed by atoms with van der Waals surface area (Å²) in [7, 11) is 6.22. The molecule has 0 spiro atoms. The van der Waals surface area contributed by atoms with Gasteiger partial charge in [-0.05, 0) is 43.1 Å². The van der Waals surface area contributed by atoms with Gasteiger partial charge in [-0.3, -0.25) is 0 Å². The summed E-state index contributed by atoms with van der Waals surface area (Å²) < 4.78 is 22.6.